The second-order valence-electron chi connectivity index (χ2n) is 4.61. The molecule has 0 saturated carbocycles. The van der Waals surface area contributed by atoms with E-state index in [1.165, 1.54) is 6.07 Å². The van der Waals surface area contributed by atoms with Crippen LogP contribution in [0.1, 0.15) is 32.3 Å². The predicted molar refractivity (Wildman–Crippen MR) is 76.3 cm³/mol. The van der Waals surface area contributed by atoms with Crippen molar-refractivity contribution in [2.24, 2.45) is 0 Å². The van der Waals surface area contributed by atoms with Crippen molar-refractivity contribution >= 4 is 15.7 Å². The van der Waals surface area contributed by atoms with E-state index >= 15 is 0 Å². The molecule has 1 atom stereocenters. The highest BCUT2D eigenvalue weighted by molar-refractivity contribution is 7.89. The van der Waals surface area contributed by atoms with Crippen LogP contribution in [-0.2, 0) is 16.4 Å². The first-order valence-corrected chi connectivity index (χ1v) is 7.90. The quantitative estimate of drug-likeness (QED) is 0.658. The van der Waals surface area contributed by atoms with E-state index in [0.717, 1.165) is 5.56 Å². The number of benzene rings is 1. The van der Waals surface area contributed by atoms with E-state index in [0.29, 0.717) is 24.9 Å². The summed E-state index contributed by atoms with van der Waals surface area (Å²) in [6, 6.07) is 4.71. The minimum absolute atomic E-state index is 0.0601. The molecule has 0 amide bonds. The largest absolute Gasteiger partial charge is 0.399 e. The molecule has 0 aliphatic rings. The van der Waals surface area contributed by atoms with E-state index in [-0.39, 0.29) is 17.5 Å². The SMILES string of the molecule is CCc1ccc(N)cc1S(=O)(=O)NC(C)CCCO. The van der Waals surface area contributed by atoms with Crippen molar-refractivity contribution in [3.05, 3.63) is 23.8 Å². The number of hydrogen-bond acceptors (Lipinski definition) is 4. The predicted octanol–water partition coefficient (Wildman–Crippen LogP) is 1.27. The van der Waals surface area contributed by atoms with Crippen LogP contribution in [0, 0.1) is 0 Å². The van der Waals surface area contributed by atoms with Gasteiger partial charge < -0.3 is 10.8 Å². The lowest BCUT2D eigenvalue weighted by molar-refractivity contribution is 0.279. The Hall–Kier alpha value is -1.11. The molecule has 0 fully saturated rings. The minimum atomic E-state index is -3.57. The van der Waals surface area contributed by atoms with Crippen molar-refractivity contribution in [2.45, 2.75) is 44.0 Å². The van der Waals surface area contributed by atoms with Crippen molar-refractivity contribution in [1.29, 1.82) is 0 Å². The zero-order chi connectivity index (χ0) is 14.5. The van der Waals surface area contributed by atoms with Crippen LogP contribution in [0.4, 0.5) is 5.69 Å². The molecule has 6 heteroatoms. The van der Waals surface area contributed by atoms with Crippen LogP contribution in [0.3, 0.4) is 0 Å². The average molecular weight is 286 g/mol. The first kappa shape index (κ1) is 15.9. The summed E-state index contributed by atoms with van der Waals surface area (Å²) in [5.74, 6) is 0. The summed E-state index contributed by atoms with van der Waals surface area (Å²) >= 11 is 0. The molecule has 1 unspecified atom stereocenters. The summed E-state index contributed by atoms with van der Waals surface area (Å²) < 4.78 is 27.2. The molecule has 0 radical (unpaired) electrons. The lowest BCUT2D eigenvalue weighted by atomic mass is 10.1. The smallest absolute Gasteiger partial charge is 0.241 e. The topological polar surface area (TPSA) is 92.4 Å². The van der Waals surface area contributed by atoms with Gasteiger partial charge in [-0.25, -0.2) is 13.1 Å². The molecule has 0 aliphatic carbocycles. The summed E-state index contributed by atoms with van der Waals surface area (Å²) in [6.45, 7) is 3.75. The Morgan fingerprint density at radius 1 is 1.42 bits per heavy atom. The Morgan fingerprint density at radius 2 is 2.11 bits per heavy atom. The van der Waals surface area contributed by atoms with Gasteiger partial charge in [-0.15, -0.1) is 0 Å². The number of anilines is 1. The fraction of sp³-hybridized carbons (Fsp3) is 0.538. The fourth-order valence-corrected chi connectivity index (χ4v) is 3.52. The van der Waals surface area contributed by atoms with Crippen LogP contribution in [0.2, 0.25) is 0 Å². The maximum atomic E-state index is 12.3. The fourth-order valence-electron chi connectivity index (χ4n) is 1.90. The number of rotatable bonds is 7. The van der Waals surface area contributed by atoms with Crippen molar-refractivity contribution in [2.75, 3.05) is 12.3 Å². The number of nitrogens with one attached hydrogen (secondary N) is 1. The van der Waals surface area contributed by atoms with Crippen LogP contribution in [-0.4, -0.2) is 26.2 Å². The van der Waals surface area contributed by atoms with Crippen LogP contribution in [0.5, 0.6) is 0 Å². The second kappa shape index (κ2) is 6.88. The van der Waals surface area contributed by atoms with Gasteiger partial charge in [0.05, 0.1) is 4.90 Å². The number of aryl methyl sites for hydroxylation is 1. The van der Waals surface area contributed by atoms with Gasteiger partial charge in [-0.1, -0.05) is 13.0 Å². The lowest BCUT2D eigenvalue weighted by Gasteiger charge is -2.16. The summed E-state index contributed by atoms with van der Waals surface area (Å²) in [5, 5.41) is 8.76. The summed E-state index contributed by atoms with van der Waals surface area (Å²) in [6.07, 6.45) is 1.79. The highest BCUT2D eigenvalue weighted by atomic mass is 32.2. The van der Waals surface area contributed by atoms with E-state index in [4.69, 9.17) is 10.8 Å². The first-order valence-electron chi connectivity index (χ1n) is 6.42. The van der Waals surface area contributed by atoms with Gasteiger partial charge in [0.1, 0.15) is 0 Å². The summed E-state index contributed by atoms with van der Waals surface area (Å²) in [5.41, 5.74) is 6.84. The number of aliphatic hydroxyl groups is 1. The van der Waals surface area contributed by atoms with E-state index in [1.807, 2.05) is 6.92 Å². The molecule has 19 heavy (non-hydrogen) atoms. The van der Waals surface area contributed by atoms with Crippen molar-refractivity contribution in [3.63, 3.8) is 0 Å². The van der Waals surface area contributed by atoms with Gasteiger partial charge >= 0.3 is 0 Å². The zero-order valence-corrected chi connectivity index (χ0v) is 12.2. The molecule has 0 saturated heterocycles. The molecule has 0 aliphatic heterocycles. The van der Waals surface area contributed by atoms with Crippen LogP contribution in [0.25, 0.3) is 0 Å². The highest BCUT2D eigenvalue weighted by Crippen LogP contribution is 2.20. The Bertz CT molecular complexity index is 515. The molecular formula is C13H22N2O3S. The lowest BCUT2D eigenvalue weighted by Crippen LogP contribution is -2.33. The van der Waals surface area contributed by atoms with E-state index in [9.17, 15) is 8.42 Å². The third-order valence-corrected chi connectivity index (χ3v) is 4.58. The molecule has 1 aromatic rings. The van der Waals surface area contributed by atoms with Gasteiger partial charge in [0, 0.05) is 18.3 Å². The third kappa shape index (κ3) is 4.49. The van der Waals surface area contributed by atoms with Gasteiger partial charge in [-0.3, -0.25) is 0 Å². The Kier molecular flexibility index (Phi) is 5.78. The number of nitrogen functional groups attached to an aromatic ring is 1. The van der Waals surface area contributed by atoms with Gasteiger partial charge in [0.15, 0.2) is 0 Å². The average Bonchev–Trinajstić information content (AvgIpc) is 2.35. The summed E-state index contributed by atoms with van der Waals surface area (Å²) in [4.78, 5) is 0.242. The van der Waals surface area contributed by atoms with E-state index < -0.39 is 10.0 Å². The van der Waals surface area contributed by atoms with Gasteiger partial charge in [0.2, 0.25) is 10.0 Å². The van der Waals surface area contributed by atoms with Gasteiger partial charge in [-0.2, -0.15) is 0 Å². The number of sulfonamides is 1. The molecular weight excluding hydrogens is 264 g/mol. The Balaban J connectivity index is 2.96. The standard InChI is InChI=1S/C13H22N2O3S/c1-3-11-6-7-12(14)9-13(11)19(17,18)15-10(2)5-4-8-16/h6-7,9-10,15-16H,3-5,8,14H2,1-2H3. The van der Waals surface area contributed by atoms with Crippen LogP contribution < -0.4 is 10.5 Å². The van der Waals surface area contributed by atoms with Crippen molar-refractivity contribution < 1.29 is 13.5 Å². The second-order valence-corrected chi connectivity index (χ2v) is 6.29. The Morgan fingerprint density at radius 3 is 2.68 bits per heavy atom. The monoisotopic (exact) mass is 286 g/mol. The van der Waals surface area contributed by atoms with Crippen LogP contribution in [0.15, 0.2) is 23.1 Å². The normalized spacial score (nSPS) is 13.4. The highest BCUT2D eigenvalue weighted by Gasteiger charge is 2.20. The third-order valence-electron chi connectivity index (χ3n) is 2.91. The summed E-state index contributed by atoms with van der Waals surface area (Å²) in [7, 11) is -3.57. The maximum Gasteiger partial charge on any atom is 0.241 e. The molecule has 0 heterocycles. The Labute approximate surface area is 114 Å². The minimum Gasteiger partial charge on any atom is -0.399 e. The van der Waals surface area contributed by atoms with Crippen molar-refractivity contribution in [3.8, 4) is 0 Å². The molecule has 4 N–H and O–H groups in total. The van der Waals surface area contributed by atoms with E-state index in [1.54, 1.807) is 19.1 Å². The van der Waals surface area contributed by atoms with E-state index in [2.05, 4.69) is 4.72 Å². The molecule has 0 bridgehead atoms. The molecule has 1 aromatic carbocycles. The maximum absolute atomic E-state index is 12.3. The number of nitrogens with two attached hydrogens (primary N) is 1. The molecule has 0 spiro atoms. The molecule has 108 valence electrons. The molecule has 0 aromatic heterocycles. The number of hydrogen-bond donors (Lipinski definition) is 3. The first-order chi connectivity index (χ1) is 8.90. The van der Waals surface area contributed by atoms with Gasteiger partial charge in [0.25, 0.3) is 0 Å². The van der Waals surface area contributed by atoms with Crippen molar-refractivity contribution in [1.82, 2.24) is 4.72 Å². The molecule has 1 rings (SSSR count). The molecule has 5 nitrogen and oxygen atoms in total. The number of aliphatic hydroxyl groups excluding tert-OH is 1. The van der Waals surface area contributed by atoms with Crippen LogP contribution >= 0.6 is 0 Å². The zero-order valence-electron chi connectivity index (χ0n) is 11.4. The van der Waals surface area contributed by atoms with Gasteiger partial charge in [-0.05, 0) is 43.9 Å².